The molecule has 2 aromatic heterocycles. The largest absolute Gasteiger partial charge is 0.396 e. The van der Waals surface area contributed by atoms with E-state index >= 15 is 0 Å². The van der Waals surface area contributed by atoms with Crippen LogP contribution in [0.15, 0.2) is 53.5 Å². The fourth-order valence-electron chi connectivity index (χ4n) is 3.77. The molecule has 7 nitrogen and oxygen atoms in total. The lowest BCUT2D eigenvalue weighted by molar-refractivity contribution is 0.280. The number of aromatic nitrogens is 3. The Morgan fingerprint density at radius 2 is 1.90 bits per heavy atom. The van der Waals surface area contributed by atoms with Crippen LogP contribution in [0.4, 0.5) is 11.6 Å². The molecule has 1 fully saturated rings. The number of hydrogen-bond donors (Lipinski definition) is 2. The average molecular weight is 416 g/mol. The van der Waals surface area contributed by atoms with Gasteiger partial charge in [0, 0.05) is 42.5 Å². The zero-order valence-corrected chi connectivity index (χ0v) is 17.0. The predicted molar refractivity (Wildman–Crippen MR) is 117 cm³/mol. The minimum Gasteiger partial charge on any atom is -0.396 e. The molecule has 0 saturated carbocycles. The molecule has 0 aliphatic carbocycles. The van der Waals surface area contributed by atoms with Gasteiger partial charge in [-0.25, -0.2) is 4.98 Å². The van der Waals surface area contributed by atoms with E-state index in [0.29, 0.717) is 30.6 Å². The number of para-hydroxylation sites is 1. The van der Waals surface area contributed by atoms with Gasteiger partial charge in [-0.15, -0.1) is 12.4 Å². The van der Waals surface area contributed by atoms with Gasteiger partial charge in [-0.1, -0.05) is 18.2 Å². The Morgan fingerprint density at radius 3 is 2.62 bits per heavy atom. The Bertz CT molecular complexity index is 989. The van der Waals surface area contributed by atoms with Crippen LogP contribution in [0.3, 0.4) is 0 Å². The molecule has 0 radical (unpaired) electrons. The lowest BCUT2D eigenvalue weighted by Crippen LogP contribution is -2.41. The number of nitrogens with zero attached hydrogens (tertiary/aromatic N) is 4. The molecule has 3 heterocycles. The molecule has 0 bridgehead atoms. The molecule has 29 heavy (non-hydrogen) atoms. The summed E-state index contributed by atoms with van der Waals surface area (Å²) in [5.41, 5.74) is 1.55. The third-order valence-electron chi connectivity index (χ3n) is 5.17. The Kier molecular flexibility index (Phi) is 7.19. The molecule has 8 heteroatoms. The highest BCUT2D eigenvalue weighted by Crippen LogP contribution is 2.29. The van der Waals surface area contributed by atoms with E-state index in [2.05, 4.69) is 27.3 Å². The van der Waals surface area contributed by atoms with Crippen LogP contribution in [0.5, 0.6) is 0 Å². The maximum absolute atomic E-state index is 12.4. The van der Waals surface area contributed by atoms with Crippen molar-refractivity contribution in [2.45, 2.75) is 31.8 Å². The zero-order chi connectivity index (χ0) is 19.3. The van der Waals surface area contributed by atoms with Crippen LogP contribution >= 0.6 is 12.4 Å². The van der Waals surface area contributed by atoms with Crippen molar-refractivity contribution in [3.8, 4) is 0 Å². The highest BCUT2D eigenvalue weighted by atomic mass is 35.5. The third-order valence-corrected chi connectivity index (χ3v) is 5.17. The minimum atomic E-state index is -0.112. The SMILES string of the molecule is Cl.O=c1ccc2cnc(N(c3ccccc3)C3CCNCC3)nc2n1CCCO. The summed E-state index contributed by atoms with van der Waals surface area (Å²) in [6, 6.07) is 13.8. The second-order valence-electron chi connectivity index (χ2n) is 7.04. The van der Waals surface area contributed by atoms with Gasteiger partial charge in [-0.2, -0.15) is 4.98 Å². The Labute approximate surface area is 175 Å². The molecule has 1 saturated heterocycles. The van der Waals surface area contributed by atoms with Crippen LogP contribution in [0.25, 0.3) is 11.0 Å². The molecular formula is C21H26ClN5O2. The van der Waals surface area contributed by atoms with Crippen molar-refractivity contribution in [2.75, 3.05) is 24.6 Å². The molecule has 1 aromatic carbocycles. The number of benzene rings is 1. The summed E-state index contributed by atoms with van der Waals surface area (Å²) in [6.07, 6.45) is 4.30. The van der Waals surface area contributed by atoms with Crippen LogP contribution in [0, 0.1) is 0 Å². The smallest absolute Gasteiger partial charge is 0.252 e. The van der Waals surface area contributed by atoms with E-state index < -0.39 is 0 Å². The number of nitrogens with one attached hydrogen (secondary N) is 1. The highest BCUT2D eigenvalue weighted by Gasteiger charge is 2.25. The van der Waals surface area contributed by atoms with Gasteiger partial charge in [0.15, 0.2) is 0 Å². The van der Waals surface area contributed by atoms with Crippen molar-refractivity contribution in [3.05, 3.63) is 59.0 Å². The zero-order valence-electron chi connectivity index (χ0n) is 16.2. The standard InChI is InChI=1S/C21H25N5O2.ClH/c27-14-4-13-25-19(28)8-7-16-15-23-21(24-20(16)25)26(17-5-2-1-3-6-17)18-9-11-22-12-10-18;/h1-3,5-8,15,18,22,27H,4,9-14H2;1H. The molecule has 3 aromatic rings. The number of aryl methyl sites for hydroxylation is 1. The fraction of sp³-hybridized carbons (Fsp3) is 0.381. The molecule has 0 amide bonds. The maximum atomic E-state index is 12.4. The van der Waals surface area contributed by atoms with Gasteiger partial charge in [0.1, 0.15) is 5.65 Å². The normalized spacial score (nSPS) is 14.5. The molecule has 0 spiro atoms. The van der Waals surface area contributed by atoms with Gasteiger partial charge in [0.05, 0.1) is 0 Å². The van der Waals surface area contributed by atoms with Crippen molar-refractivity contribution < 1.29 is 5.11 Å². The quantitative estimate of drug-likeness (QED) is 0.643. The predicted octanol–water partition coefficient (Wildman–Crippen LogP) is 2.49. The summed E-state index contributed by atoms with van der Waals surface area (Å²) >= 11 is 0. The Morgan fingerprint density at radius 1 is 1.14 bits per heavy atom. The molecule has 1 aliphatic heterocycles. The summed E-state index contributed by atoms with van der Waals surface area (Å²) in [4.78, 5) is 24.0. The van der Waals surface area contributed by atoms with E-state index in [-0.39, 0.29) is 24.6 Å². The summed E-state index contributed by atoms with van der Waals surface area (Å²) < 4.78 is 1.63. The summed E-state index contributed by atoms with van der Waals surface area (Å²) in [5, 5.41) is 13.4. The maximum Gasteiger partial charge on any atom is 0.252 e. The Hall–Kier alpha value is -2.48. The molecule has 4 rings (SSSR count). The fourth-order valence-corrected chi connectivity index (χ4v) is 3.77. The number of piperidine rings is 1. The lowest BCUT2D eigenvalue weighted by atomic mass is 10.0. The molecular weight excluding hydrogens is 390 g/mol. The summed E-state index contributed by atoms with van der Waals surface area (Å²) in [5.74, 6) is 0.606. The number of aliphatic hydroxyl groups excluding tert-OH is 1. The van der Waals surface area contributed by atoms with E-state index in [1.807, 2.05) is 18.2 Å². The van der Waals surface area contributed by atoms with Crippen molar-refractivity contribution >= 4 is 35.1 Å². The topological polar surface area (TPSA) is 83.3 Å². The van der Waals surface area contributed by atoms with E-state index in [1.54, 1.807) is 16.8 Å². The van der Waals surface area contributed by atoms with Crippen molar-refractivity contribution in [1.29, 1.82) is 0 Å². The lowest BCUT2D eigenvalue weighted by Gasteiger charge is -2.34. The van der Waals surface area contributed by atoms with Gasteiger partial charge in [0.25, 0.3) is 5.56 Å². The Balaban J connectivity index is 0.00000240. The van der Waals surface area contributed by atoms with Crippen molar-refractivity contribution in [2.24, 2.45) is 0 Å². The first-order valence-electron chi connectivity index (χ1n) is 9.80. The van der Waals surface area contributed by atoms with Crippen LogP contribution in [-0.2, 0) is 6.54 Å². The monoisotopic (exact) mass is 415 g/mol. The molecule has 154 valence electrons. The van der Waals surface area contributed by atoms with E-state index in [4.69, 9.17) is 4.98 Å². The molecule has 2 N–H and O–H groups in total. The van der Waals surface area contributed by atoms with Crippen molar-refractivity contribution in [1.82, 2.24) is 19.9 Å². The first-order valence-corrected chi connectivity index (χ1v) is 9.80. The van der Waals surface area contributed by atoms with E-state index in [1.165, 1.54) is 6.07 Å². The van der Waals surface area contributed by atoms with Gasteiger partial charge < -0.3 is 15.3 Å². The van der Waals surface area contributed by atoms with E-state index in [9.17, 15) is 9.90 Å². The summed E-state index contributed by atoms with van der Waals surface area (Å²) in [7, 11) is 0. The second-order valence-corrected chi connectivity index (χ2v) is 7.04. The number of rotatable bonds is 6. The number of pyridine rings is 1. The highest BCUT2D eigenvalue weighted by molar-refractivity contribution is 5.85. The van der Waals surface area contributed by atoms with Gasteiger partial charge in [-0.05, 0) is 50.6 Å². The second kappa shape index (κ2) is 9.82. The first kappa shape index (κ1) is 21.2. The van der Waals surface area contributed by atoms with Gasteiger partial charge in [-0.3, -0.25) is 9.36 Å². The number of anilines is 2. The number of halogens is 1. The first-order chi connectivity index (χ1) is 13.8. The average Bonchev–Trinajstić information content (AvgIpc) is 2.75. The minimum absolute atomic E-state index is 0. The third kappa shape index (κ3) is 4.58. The van der Waals surface area contributed by atoms with Crippen LogP contribution in [0.2, 0.25) is 0 Å². The van der Waals surface area contributed by atoms with E-state index in [0.717, 1.165) is 37.0 Å². The van der Waals surface area contributed by atoms with Crippen molar-refractivity contribution in [3.63, 3.8) is 0 Å². The molecule has 0 unspecified atom stereocenters. The van der Waals surface area contributed by atoms with Crippen LogP contribution in [-0.4, -0.2) is 45.4 Å². The van der Waals surface area contributed by atoms with Gasteiger partial charge in [0.2, 0.25) is 5.95 Å². The summed E-state index contributed by atoms with van der Waals surface area (Å²) in [6.45, 7) is 2.39. The molecule has 1 aliphatic rings. The number of hydrogen-bond acceptors (Lipinski definition) is 6. The number of fused-ring (bicyclic) bond motifs is 1. The molecule has 0 atom stereocenters. The number of aliphatic hydroxyl groups is 1. The van der Waals surface area contributed by atoms with Gasteiger partial charge >= 0.3 is 0 Å². The van der Waals surface area contributed by atoms with Crippen LogP contribution < -0.4 is 15.8 Å². The van der Waals surface area contributed by atoms with Crippen LogP contribution in [0.1, 0.15) is 19.3 Å².